The fourth-order valence-corrected chi connectivity index (χ4v) is 3.09. The van der Waals surface area contributed by atoms with Gasteiger partial charge >= 0.3 is 0 Å². The van der Waals surface area contributed by atoms with Crippen LogP contribution in [0, 0.1) is 6.92 Å². The van der Waals surface area contributed by atoms with E-state index in [4.69, 9.17) is 14.2 Å². The molecule has 0 fully saturated rings. The number of ether oxygens (including phenoxy) is 3. The Morgan fingerprint density at radius 3 is 2.45 bits per heavy atom. The minimum atomic E-state index is -0.373. The van der Waals surface area contributed by atoms with Gasteiger partial charge in [-0.1, -0.05) is 0 Å². The Kier molecular flexibility index (Phi) is 6.92. The smallest absolute Gasteiger partial charge is 0.289 e. The number of carbonyl (C=O) groups excluding carboxylic acids is 1. The van der Waals surface area contributed by atoms with Gasteiger partial charge in [-0.2, -0.15) is 10.2 Å². The summed E-state index contributed by atoms with van der Waals surface area (Å²) in [7, 11) is 3.14. The lowest BCUT2D eigenvalue weighted by Crippen LogP contribution is -2.20. The molecule has 3 rings (SSSR count). The second kappa shape index (κ2) is 9.80. The van der Waals surface area contributed by atoms with Gasteiger partial charge < -0.3 is 14.2 Å². The Balaban J connectivity index is 1.75. The van der Waals surface area contributed by atoms with Crippen LogP contribution in [0.3, 0.4) is 0 Å². The molecule has 0 saturated heterocycles. The van der Waals surface area contributed by atoms with Crippen LogP contribution in [0.15, 0.2) is 47.6 Å². The van der Waals surface area contributed by atoms with E-state index in [9.17, 15) is 4.79 Å². The molecule has 0 saturated carbocycles. The van der Waals surface area contributed by atoms with E-state index >= 15 is 0 Å². The monoisotopic (exact) mass is 422 g/mol. The molecule has 3 aromatic rings. The third-order valence-electron chi connectivity index (χ3n) is 4.80. The molecule has 1 heterocycles. The lowest BCUT2D eigenvalue weighted by molar-refractivity contribution is 0.0949. The van der Waals surface area contributed by atoms with Gasteiger partial charge in [0.1, 0.15) is 11.4 Å². The van der Waals surface area contributed by atoms with E-state index < -0.39 is 0 Å². The van der Waals surface area contributed by atoms with E-state index in [-0.39, 0.29) is 5.91 Å². The van der Waals surface area contributed by atoms with Crippen molar-refractivity contribution in [3.63, 3.8) is 0 Å². The maximum atomic E-state index is 12.7. The average molecular weight is 422 g/mol. The molecule has 0 unspecified atom stereocenters. The molecule has 0 bridgehead atoms. The van der Waals surface area contributed by atoms with Crippen LogP contribution in [0.2, 0.25) is 0 Å². The van der Waals surface area contributed by atoms with Gasteiger partial charge in [-0.15, -0.1) is 0 Å². The van der Waals surface area contributed by atoms with Gasteiger partial charge in [0.05, 0.1) is 32.2 Å². The topological polar surface area (TPSA) is 97.8 Å². The quantitative estimate of drug-likeness (QED) is 0.423. The first-order chi connectivity index (χ1) is 15.0. The molecular weight excluding hydrogens is 396 g/mol. The summed E-state index contributed by atoms with van der Waals surface area (Å²) in [6.07, 6.45) is 0. The highest BCUT2D eigenvalue weighted by molar-refractivity contribution is 6.01. The number of rotatable bonds is 8. The van der Waals surface area contributed by atoms with Crippen LogP contribution in [0.25, 0.3) is 11.3 Å². The number of H-pyrrole nitrogens is 1. The minimum absolute atomic E-state index is 0.354. The van der Waals surface area contributed by atoms with Crippen molar-refractivity contribution in [2.45, 2.75) is 20.8 Å². The lowest BCUT2D eigenvalue weighted by Gasteiger charge is -2.09. The molecule has 0 aliphatic carbocycles. The van der Waals surface area contributed by atoms with Crippen LogP contribution in [-0.4, -0.2) is 42.6 Å². The fourth-order valence-electron chi connectivity index (χ4n) is 3.09. The maximum Gasteiger partial charge on any atom is 0.289 e. The van der Waals surface area contributed by atoms with Crippen LogP contribution in [-0.2, 0) is 0 Å². The van der Waals surface area contributed by atoms with Crippen molar-refractivity contribution in [2.75, 3.05) is 20.8 Å². The summed E-state index contributed by atoms with van der Waals surface area (Å²) < 4.78 is 16.0. The number of aromatic nitrogens is 2. The van der Waals surface area contributed by atoms with Crippen molar-refractivity contribution in [1.29, 1.82) is 0 Å². The second-order valence-electron chi connectivity index (χ2n) is 6.74. The summed E-state index contributed by atoms with van der Waals surface area (Å²) >= 11 is 0. The van der Waals surface area contributed by atoms with E-state index in [0.717, 1.165) is 22.4 Å². The van der Waals surface area contributed by atoms with Gasteiger partial charge in [0.25, 0.3) is 5.91 Å². The number of methoxy groups -OCH3 is 2. The van der Waals surface area contributed by atoms with Gasteiger partial charge in [-0.25, -0.2) is 5.43 Å². The largest absolute Gasteiger partial charge is 0.494 e. The average Bonchev–Trinajstić information content (AvgIpc) is 3.18. The zero-order valence-corrected chi connectivity index (χ0v) is 18.3. The first kappa shape index (κ1) is 21.9. The fraction of sp³-hybridized carbons (Fsp3) is 0.261. The molecule has 31 heavy (non-hydrogen) atoms. The van der Waals surface area contributed by atoms with Crippen molar-refractivity contribution in [1.82, 2.24) is 15.6 Å². The van der Waals surface area contributed by atoms with E-state index in [1.165, 1.54) is 0 Å². The van der Waals surface area contributed by atoms with Gasteiger partial charge in [0.15, 0.2) is 11.5 Å². The number of nitrogens with zero attached hydrogens (tertiary/aromatic N) is 2. The van der Waals surface area contributed by atoms with Crippen molar-refractivity contribution in [3.8, 4) is 28.5 Å². The van der Waals surface area contributed by atoms with Crippen LogP contribution in [0.1, 0.15) is 35.5 Å². The van der Waals surface area contributed by atoms with Gasteiger partial charge in [-0.3, -0.25) is 9.89 Å². The Morgan fingerprint density at radius 2 is 1.81 bits per heavy atom. The van der Waals surface area contributed by atoms with Crippen LogP contribution < -0.4 is 19.6 Å². The summed E-state index contributed by atoms with van der Waals surface area (Å²) in [5, 5.41) is 11.3. The molecule has 0 aliphatic heterocycles. The van der Waals surface area contributed by atoms with Crippen LogP contribution in [0.4, 0.5) is 0 Å². The van der Waals surface area contributed by atoms with Crippen LogP contribution >= 0.6 is 0 Å². The normalized spacial score (nSPS) is 11.2. The number of hydrogen-bond donors (Lipinski definition) is 2. The van der Waals surface area contributed by atoms with Crippen molar-refractivity contribution in [2.24, 2.45) is 5.10 Å². The van der Waals surface area contributed by atoms with E-state index in [1.54, 1.807) is 33.3 Å². The molecule has 8 nitrogen and oxygen atoms in total. The summed E-state index contributed by atoms with van der Waals surface area (Å²) in [6, 6.07) is 13.0. The lowest BCUT2D eigenvalue weighted by atomic mass is 10.1. The molecule has 162 valence electrons. The van der Waals surface area contributed by atoms with Gasteiger partial charge in [0.2, 0.25) is 0 Å². The predicted molar refractivity (Wildman–Crippen MR) is 119 cm³/mol. The zero-order chi connectivity index (χ0) is 22.4. The van der Waals surface area contributed by atoms with E-state index in [0.29, 0.717) is 35.2 Å². The molecule has 0 aliphatic rings. The molecule has 0 spiro atoms. The first-order valence-electron chi connectivity index (χ1n) is 9.83. The minimum Gasteiger partial charge on any atom is -0.494 e. The number of hydrazone groups is 1. The molecule has 2 aromatic carbocycles. The number of carbonyl (C=O) groups is 1. The summed E-state index contributed by atoms with van der Waals surface area (Å²) in [5.74, 6) is 1.63. The number of aromatic amines is 1. The molecular formula is C23H26N4O4. The summed E-state index contributed by atoms with van der Waals surface area (Å²) in [6.45, 7) is 6.18. The molecule has 0 radical (unpaired) electrons. The van der Waals surface area contributed by atoms with E-state index in [2.05, 4.69) is 20.7 Å². The molecule has 2 N–H and O–H groups in total. The Hall–Kier alpha value is -3.81. The third-order valence-corrected chi connectivity index (χ3v) is 4.80. The first-order valence-corrected chi connectivity index (χ1v) is 9.83. The third kappa shape index (κ3) is 4.85. The highest BCUT2D eigenvalue weighted by atomic mass is 16.5. The second-order valence-corrected chi connectivity index (χ2v) is 6.74. The Bertz CT molecular complexity index is 1090. The van der Waals surface area contributed by atoms with Gasteiger partial charge in [0, 0.05) is 16.7 Å². The standard InChI is InChI=1S/C23H26N4O4/c1-6-31-18-10-7-16(8-11-18)21-14(2)22(26-25-21)23(28)27-24-15(3)17-9-12-19(29-4)20(13-17)30-5/h7-13H,6H2,1-5H3,(H,25,26)(H,27,28)/b24-15-. The number of hydrogen-bond acceptors (Lipinski definition) is 6. The Labute approximate surface area is 181 Å². The molecule has 1 aromatic heterocycles. The number of benzene rings is 2. The number of nitrogens with one attached hydrogen (secondary N) is 2. The van der Waals surface area contributed by atoms with E-state index in [1.807, 2.05) is 44.2 Å². The maximum absolute atomic E-state index is 12.7. The van der Waals surface area contributed by atoms with Gasteiger partial charge in [-0.05, 0) is 63.2 Å². The predicted octanol–water partition coefficient (Wildman–Crippen LogP) is 3.96. The Morgan fingerprint density at radius 1 is 1.10 bits per heavy atom. The highest BCUT2D eigenvalue weighted by Crippen LogP contribution is 2.28. The van der Waals surface area contributed by atoms with Crippen molar-refractivity contribution >= 4 is 11.6 Å². The number of amides is 1. The van der Waals surface area contributed by atoms with Crippen LogP contribution in [0.5, 0.6) is 17.2 Å². The molecule has 0 atom stereocenters. The SMILES string of the molecule is CCOc1ccc(-c2n[nH]c(C(=O)N/N=C(/C)c3ccc(OC)c(OC)c3)c2C)cc1. The summed E-state index contributed by atoms with van der Waals surface area (Å²) in [4.78, 5) is 12.7. The molecule has 8 heteroatoms. The highest BCUT2D eigenvalue weighted by Gasteiger charge is 2.17. The van der Waals surface area contributed by atoms with Crippen molar-refractivity contribution < 1.29 is 19.0 Å². The van der Waals surface area contributed by atoms with Crippen molar-refractivity contribution in [3.05, 3.63) is 59.3 Å². The zero-order valence-electron chi connectivity index (χ0n) is 18.3. The molecule has 1 amide bonds. The summed E-state index contributed by atoms with van der Waals surface area (Å²) in [5.41, 5.74) is 6.69.